The van der Waals surface area contributed by atoms with Crippen molar-refractivity contribution in [1.82, 2.24) is 14.8 Å². The zero-order valence-electron chi connectivity index (χ0n) is 15.8. The monoisotopic (exact) mass is 400 g/mol. The Morgan fingerprint density at radius 3 is 2.64 bits per heavy atom. The highest BCUT2D eigenvalue weighted by Crippen LogP contribution is 2.25. The molecule has 0 bridgehead atoms. The van der Waals surface area contributed by atoms with E-state index < -0.39 is 0 Å². The normalized spacial score (nSPS) is 11.9. The van der Waals surface area contributed by atoms with Gasteiger partial charge in [0.2, 0.25) is 5.91 Å². The number of hydrogen-bond donors (Lipinski definition) is 1. The van der Waals surface area contributed by atoms with Crippen LogP contribution in [0.3, 0.4) is 0 Å². The minimum Gasteiger partial charge on any atom is -0.482 e. The Morgan fingerprint density at radius 1 is 1.21 bits per heavy atom. The summed E-state index contributed by atoms with van der Waals surface area (Å²) < 4.78 is 20.7. The van der Waals surface area contributed by atoms with Gasteiger partial charge in [-0.05, 0) is 49.7 Å². The van der Waals surface area contributed by atoms with Gasteiger partial charge in [-0.2, -0.15) is 0 Å². The fourth-order valence-electron chi connectivity index (χ4n) is 2.60. The molecule has 0 fully saturated rings. The number of nitrogens with zero attached hydrogens (tertiary/aromatic N) is 3. The number of aryl methyl sites for hydroxylation is 1. The summed E-state index contributed by atoms with van der Waals surface area (Å²) in [6.45, 7) is 3.89. The average molecular weight is 400 g/mol. The van der Waals surface area contributed by atoms with Gasteiger partial charge in [0.05, 0.1) is 5.75 Å². The Balaban J connectivity index is 1.58. The van der Waals surface area contributed by atoms with Crippen molar-refractivity contribution in [3.63, 3.8) is 0 Å². The van der Waals surface area contributed by atoms with Crippen LogP contribution in [0.4, 0.5) is 10.1 Å². The maximum absolute atomic E-state index is 12.9. The molecule has 1 amide bonds. The van der Waals surface area contributed by atoms with Crippen LogP contribution < -0.4 is 10.1 Å². The molecule has 8 heteroatoms. The third-order valence-corrected chi connectivity index (χ3v) is 5.11. The zero-order valence-corrected chi connectivity index (χ0v) is 16.7. The molecular formula is C20H21FN4O2S. The van der Waals surface area contributed by atoms with E-state index in [1.54, 1.807) is 0 Å². The van der Waals surface area contributed by atoms with Crippen molar-refractivity contribution in [2.75, 3.05) is 11.1 Å². The molecule has 1 unspecified atom stereocenters. The third kappa shape index (κ3) is 4.89. The lowest BCUT2D eigenvalue weighted by Crippen LogP contribution is -2.15. The molecule has 0 saturated heterocycles. The van der Waals surface area contributed by atoms with Gasteiger partial charge in [0, 0.05) is 12.7 Å². The molecule has 1 aromatic heterocycles. The van der Waals surface area contributed by atoms with E-state index in [9.17, 15) is 9.18 Å². The highest BCUT2D eigenvalue weighted by Gasteiger charge is 2.18. The lowest BCUT2D eigenvalue weighted by atomic mass is 10.2. The van der Waals surface area contributed by atoms with Crippen LogP contribution in [0.25, 0.3) is 0 Å². The number of carbonyl (C=O) groups is 1. The second kappa shape index (κ2) is 8.88. The van der Waals surface area contributed by atoms with Gasteiger partial charge in [0.15, 0.2) is 17.1 Å². The second-order valence-corrected chi connectivity index (χ2v) is 7.21. The van der Waals surface area contributed by atoms with Gasteiger partial charge in [-0.25, -0.2) is 4.39 Å². The van der Waals surface area contributed by atoms with Crippen LogP contribution in [0.5, 0.6) is 5.75 Å². The summed E-state index contributed by atoms with van der Waals surface area (Å²) in [4.78, 5) is 12.1. The molecule has 0 saturated carbocycles. The quantitative estimate of drug-likeness (QED) is 0.604. The molecule has 1 heterocycles. The van der Waals surface area contributed by atoms with E-state index in [-0.39, 0.29) is 23.6 Å². The molecule has 3 aromatic rings. The van der Waals surface area contributed by atoms with Gasteiger partial charge in [-0.15, -0.1) is 10.2 Å². The Bertz CT molecular complexity index is 959. The summed E-state index contributed by atoms with van der Waals surface area (Å²) in [6.07, 6.45) is -0.291. The van der Waals surface area contributed by atoms with E-state index in [0.29, 0.717) is 16.7 Å². The molecule has 0 aliphatic carbocycles. The molecule has 2 aromatic carbocycles. The van der Waals surface area contributed by atoms with Crippen LogP contribution in [0.2, 0.25) is 0 Å². The zero-order chi connectivity index (χ0) is 20.1. The van der Waals surface area contributed by atoms with Gasteiger partial charge in [0.1, 0.15) is 11.6 Å². The predicted octanol–water partition coefficient (Wildman–Crippen LogP) is 4.13. The van der Waals surface area contributed by atoms with Gasteiger partial charge in [-0.3, -0.25) is 4.79 Å². The highest BCUT2D eigenvalue weighted by atomic mass is 32.2. The number of halogens is 1. The number of aromatic nitrogens is 3. The summed E-state index contributed by atoms with van der Waals surface area (Å²) >= 11 is 1.27. The molecule has 6 nitrogen and oxygen atoms in total. The molecule has 0 spiro atoms. The molecule has 1 N–H and O–H groups in total. The Hall–Kier alpha value is -2.87. The number of para-hydroxylation sites is 1. The minimum absolute atomic E-state index is 0.163. The predicted molar refractivity (Wildman–Crippen MR) is 107 cm³/mol. The largest absolute Gasteiger partial charge is 0.482 e. The van der Waals surface area contributed by atoms with Crippen molar-refractivity contribution >= 4 is 23.4 Å². The van der Waals surface area contributed by atoms with Crippen molar-refractivity contribution in [2.45, 2.75) is 25.1 Å². The molecule has 28 heavy (non-hydrogen) atoms. The summed E-state index contributed by atoms with van der Waals surface area (Å²) in [7, 11) is 1.84. The summed E-state index contributed by atoms with van der Waals surface area (Å²) in [5.74, 6) is 1.08. The van der Waals surface area contributed by atoms with Crippen molar-refractivity contribution in [1.29, 1.82) is 0 Å². The lowest BCUT2D eigenvalue weighted by Gasteiger charge is -2.15. The van der Waals surface area contributed by atoms with E-state index >= 15 is 0 Å². The number of anilines is 1. The maximum Gasteiger partial charge on any atom is 0.234 e. The van der Waals surface area contributed by atoms with E-state index in [0.717, 1.165) is 11.3 Å². The van der Waals surface area contributed by atoms with Gasteiger partial charge < -0.3 is 14.6 Å². The summed E-state index contributed by atoms with van der Waals surface area (Å²) in [6, 6.07) is 13.4. The van der Waals surface area contributed by atoms with Crippen molar-refractivity contribution in [3.8, 4) is 5.75 Å². The van der Waals surface area contributed by atoms with Crippen LogP contribution in [0.1, 0.15) is 24.4 Å². The van der Waals surface area contributed by atoms with Crippen LogP contribution in [0.15, 0.2) is 53.7 Å². The maximum atomic E-state index is 12.9. The SMILES string of the molecule is Cc1ccccc1OC(C)c1nnc(SCC(=O)Nc2ccc(F)cc2)n1C. The number of hydrogen-bond acceptors (Lipinski definition) is 5. The molecule has 0 aliphatic heterocycles. The van der Waals surface area contributed by atoms with E-state index in [1.807, 2.05) is 49.7 Å². The minimum atomic E-state index is -0.346. The van der Waals surface area contributed by atoms with E-state index in [1.165, 1.54) is 36.0 Å². The lowest BCUT2D eigenvalue weighted by molar-refractivity contribution is -0.113. The standard InChI is InChI=1S/C20H21FN4O2S/c1-13-6-4-5-7-17(13)27-14(2)19-23-24-20(25(19)3)28-12-18(26)22-16-10-8-15(21)9-11-16/h4-11,14H,12H2,1-3H3,(H,22,26). The molecule has 3 rings (SSSR count). The molecule has 0 aliphatic rings. The molecule has 1 atom stereocenters. The number of amides is 1. The van der Waals surface area contributed by atoms with Crippen molar-refractivity contribution < 1.29 is 13.9 Å². The molecule has 0 radical (unpaired) electrons. The highest BCUT2D eigenvalue weighted by molar-refractivity contribution is 7.99. The van der Waals surface area contributed by atoms with Gasteiger partial charge in [0.25, 0.3) is 0 Å². The number of thioether (sulfide) groups is 1. The number of nitrogens with one attached hydrogen (secondary N) is 1. The Morgan fingerprint density at radius 2 is 1.93 bits per heavy atom. The van der Waals surface area contributed by atoms with Gasteiger partial charge >= 0.3 is 0 Å². The van der Waals surface area contributed by atoms with E-state index in [4.69, 9.17) is 4.74 Å². The summed E-state index contributed by atoms with van der Waals surface area (Å²) in [5, 5.41) is 11.7. The topological polar surface area (TPSA) is 69.0 Å². The molecular weight excluding hydrogens is 379 g/mol. The Kier molecular flexibility index (Phi) is 6.30. The number of carbonyl (C=O) groups excluding carboxylic acids is 1. The fraction of sp³-hybridized carbons (Fsp3) is 0.250. The van der Waals surface area contributed by atoms with Crippen molar-refractivity contribution in [2.24, 2.45) is 7.05 Å². The second-order valence-electron chi connectivity index (χ2n) is 6.27. The third-order valence-electron chi connectivity index (χ3n) is 4.09. The van der Waals surface area contributed by atoms with E-state index in [2.05, 4.69) is 15.5 Å². The van der Waals surface area contributed by atoms with Crippen LogP contribution in [-0.2, 0) is 11.8 Å². The smallest absolute Gasteiger partial charge is 0.234 e. The molecule has 146 valence electrons. The van der Waals surface area contributed by atoms with Crippen molar-refractivity contribution in [3.05, 3.63) is 65.7 Å². The van der Waals surface area contributed by atoms with Crippen LogP contribution >= 0.6 is 11.8 Å². The van der Waals surface area contributed by atoms with Crippen LogP contribution in [0, 0.1) is 12.7 Å². The number of ether oxygens (including phenoxy) is 1. The first-order chi connectivity index (χ1) is 13.4. The number of rotatable bonds is 7. The first-order valence-electron chi connectivity index (χ1n) is 8.74. The number of benzene rings is 2. The fourth-order valence-corrected chi connectivity index (χ4v) is 3.32. The average Bonchev–Trinajstić information content (AvgIpc) is 3.04. The first-order valence-corrected chi connectivity index (χ1v) is 9.72. The summed E-state index contributed by atoms with van der Waals surface area (Å²) in [5.41, 5.74) is 1.59. The van der Waals surface area contributed by atoms with Gasteiger partial charge in [-0.1, -0.05) is 30.0 Å². The first kappa shape index (κ1) is 19.9. The van der Waals surface area contributed by atoms with Crippen LogP contribution in [-0.4, -0.2) is 26.4 Å². The Labute approximate surface area is 167 Å².